The quantitative estimate of drug-likeness (QED) is 0.284. The Kier molecular flexibility index (Phi) is 6.81. The summed E-state index contributed by atoms with van der Waals surface area (Å²) in [7, 11) is 0. The van der Waals surface area contributed by atoms with E-state index in [4.69, 9.17) is 21.6 Å². The number of aromatic nitrogens is 1. The predicted octanol–water partition coefficient (Wildman–Crippen LogP) is 5.96. The van der Waals surface area contributed by atoms with Gasteiger partial charge in [0.1, 0.15) is 23.2 Å². The fourth-order valence-electron chi connectivity index (χ4n) is 5.19. The first kappa shape index (κ1) is 24.7. The van der Waals surface area contributed by atoms with Gasteiger partial charge < -0.3 is 9.64 Å². The van der Waals surface area contributed by atoms with Crippen LogP contribution in [-0.2, 0) is 4.79 Å². The van der Waals surface area contributed by atoms with E-state index in [-0.39, 0.29) is 23.1 Å². The second-order valence-corrected chi connectivity index (χ2v) is 9.58. The minimum Gasteiger partial charge on any atom is -0.493 e. The Morgan fingerprint density at radius 3 is 2.51 bits per heavy atom. The van der Waals surface area contributed by atoms with Crippen molar-refractivity contribution in [1.29, 1.82) is 5.26 Å². The van der Waals surface area contributed by atoms with Crippen molar-refractivity contribution in [2.45, 2.75) is 37.6 Å². The Hall–Kier alpha value is -3.96. The first-order chi connectivity index (χ1) is 17.9. The summed E-state index contributed by atoms with van der Waals surface area (Å²) in [5.74, 6) is -0.264. The van der Waals surface area contributed by atoms with Gasteiger partial charge in [-0.25, -0.2) is 14.1 Å². The van der Waals surface area contributed by atoms with Gasteiger partial charge in [0.25, 0.3) is 5.91 Å². The molecule has 0 radical (unpaired) electrons. The Morgan fingerprint density at radius 2 is 1.84 bits per heavy atom. The van der Waals surface area contributed by atoms with Crippen molar-refractivity contribution in [3.63, 3.8) is 0 Å². The molecule has 3 amide bonds. The molecule has 0 N–H and O–H groups in total. The van der Waals surface area contributed by atoms with Gasteiger partial charge in [0.05, 0.1) is 22.9 Å². The molecule has 1 aliphatic heterocycles. The molecule has 1 aromatic heterocycles. The van der Waals surface area contributed by atoms with Crippen molar-refractivity contribution in [3.05, 3.63) is 77.3 Å². The zero-order chi connectivity index (χ0) is 26.0. The first-order valence-corrected chi connectivity index (χ1v) is 12.5. The lowest BCUT2D eigenvalue weighted by molar-refractivity contribution is -0.124. The van der Waals surface area contributed by atoms with Crippen LogP contribution in [0.5, 0.6) is 5.75 Å². The highest BCUT2D eigenvalue weighted by atomic mass is 35.5. The van der Waals surface area contributed by atoms with Crippen LogP contribution in [0, 0.1) is 17.1 Å². The number of anilines is 1. The van der Waals surface area contributed by atoms with Gasteiger partial charge >= 0.3 is 6.03 Å². The van der Waals surface area contributed by atoms with Crippen molar-refractivity contribution in [2.24, 2.45) is 0 Å². The lowest BCUT2D eigenvalue weighted by atomic mass is 9.95. The summed E-state index contributed by atoms with van der Waals surface area (Å²) >= 11 is 6.18. The number of ether oxygens (including phenoxy) is 1. The summed E-state index contributed by atoms with van der Waals surface area (Å²) in [5, 5.41) is 9.34. The number of halogens is 2. The highest BCUT2D eigenvalue weighted by Gasteiger charge is 2.58. The summed E-state index contributed by atoms with van der Waals surface area (Å²) in [4.78, 5) is 33.8. The number of urea groups is 1. The molecule has 9 heteroatoms. The maximum atomic E-state index is 14.6. The number of imide groups is 1. The van der Waals surface area contributed by atoms with E-state index in [0.29, 0.717) is 42.8 Å². The third kappa shape index (κ3) is 4.51. The lowest BCUT2D eigenvalue weighted by Gasteiger charge is -2.31. The van der Waals surface area contributed by atoms with Crippen molar-refractivity contribution < 1.29 is 18.7 Å². The van der Waals surface area contributed by atoms with Gasteiger partial charge in [0.2, 0.25) is 0 Å². The topological polar surface area (TPSA) is 86.5 Å². The second kappa shape index (κ2) is 10.2. The van der Waals surface area contributed by atoms with Gasteiger partial charge in [-0.1, -0.05) is 24.4 Å². The third-order valence-electron chi connectivity index (χ3n) is 7.03. The molecule has 7 nitrogen and oxygen atoms in total. The molecule has 0 atom stereocenters. The maximum absolute atomic E-state index is 14.6. The maximum Gasteiger partial charge on any atom is 0.332 e. The number of hydrogen-bond acceptors (Lipinski definition) is 5. The van der Waals surface area contributed by atoms with Crippen LogP contribution >= 0.6 is 11.6 Å². The molecule has 188 valence electrons. The van der Waals surface area contributed by atoms with Gasteiger partial charge in [0, 0.05) is 30.6 Å². The summed E-state index contributed by atoms with van der Waals surface area (Å²) in [6.07, 6.45) is 6.60. The van der Waals surface area contributed by atoms with Crippen molar-refractivity contribution in [1.82, 2.24) is 9.88 Å². The number of pyridine rings is 1. The highest BCUT2D eigenvalue weighted by molar-refractivity contribution is 6.32. The van der Waals surface area contributed by atoms with Crippen LogP contribution in [0.3, 0.4) is 0 Å². The number of hydrogen-bond donors (Lipinski definition) is 0. The molecule has 1 spiro atoms. The van der Waals surface area contributed by atoms with Crippen LogP contribution in [-0.4, -0.2) is 40.5 Å². The van der Waals surface area contributed by atoms with Crippen molar-refractivity contribution >= 4 is 29.2 Å². The van der Waals surface area contributed by atoms with Crippen LogP contribution < -0.4 is 9.64 Å². The van der Waals surface area contributed by atoms with Gasteiger partial charge in [-0.15, -0.1) is 0 Å². The molecule has 2 fully saturated rings. The average Bonchev–Trinajstić information content (AvgIpc) is 3.47. The van der Waals surface area contributed by atoms with Crippen LogP contribution in [0.15, 0.2) is 60.9 Å². The normalized spacial score (nSPS) is 16.5. The number of nitrogens with zero attached hydrogens (tertiary/aromatic N) is 4. The Morgan fingerprint density at radius 1 is 1.08 bits per heavy atom. The number of carbonyl (C=O) groups excluding carboxylic acids is 2. The van der Waals surface area contributed by atoms with Gasteiger partial charge in [-0.2, -0.15) is 5.26 Å². The molecular formula is C28H24ClFN4O3. The third-order valence-corrected chi connectivity index (χ3v) is 7.34. The van der Waals surface area contributed by atoms with Gasteiger partial charge in [0.15, 0.2) is 0 Å². The molecule has 2 aromatic carbocycles. The lowest BCUT2D eigenvalue weighted by Crippen LogP contribution is -2.48. The fourth-order valence-corrected chi connectivity index (χ4v) is 5.41. The smallest absolute Gasteiger partial charge is 0.332 e. The van der Waals surface area contributed by atoms with Crippen LogP contribution in [0.1, 0.15) is 37.7 Å². The minimum absolute atomic E-state index is 0.190. The number of nitriles is 1. The number of benzene rings is 2. The number of carbonyl (C=O) groups is 2. The molecule has 0 unspecified atom stereocenters. The molecule has 1 saturated carbocycles. The molecule has 2 heterocycles. The summed E-state index contributed by atoms with van der Waals surface area (Å²) in [6, 6.07) is 14.3. The van der Waals surface area contributed by atoms with Crippen molar-refractivity contribution in [3.8, 4) is 22.9 Å². The van der Waals surface area contributed by atoms with E-state index in [2.05, 4.69) is 4.98 Å². The SMILES string of the molecule is N#Cc1ccc(N2C(=O)N(CCCOc3ccc(-c4ccncc4)c(F)c3)C3(CCCC3)C2=O)cc1Cl. The standard InChI is InChI=1S/C28H24ClFN4O3/c29-24-16-21(5-4-20(24)18-31)34-26(35)28(10-1-2-11-28)33(27(34)36)14-3-15-37-22-6-7-23(25(30)17-22)19-8-12-32-13-9-19/h4-9,12-13,16-17H,1-3,10-11,14-15H2. The molecule has 0 bridgehead atoms. The summed E-state index contributed by atoms with van der Waals surface area (Å²) < 4.78 is 20.4. The second-order valence-electron chi connectivity index (χ2n) is 9.17. The van der Waals surface area contributed by atoms with E-state index < -0.39 is 17.4 Å². The largest absolute Gasteiger partial charge is 0.493 e. The predicted molar refractivity (Wildman–Crippen MR) is 137 cm³/mol. The highest BCUT2D eigenvalue weighted by Crippen LogP contribution is 2.44. The first-order valence-electron chi connectivity index (χ1n) is 12.1. The average molecular weight is 519 g/mol. The van der Waals surface area contributed by atoms with Gasteiger partial charge in [-0.05, 0) is 67.3 Å². The van der Waals surface area contributed by atoms with E-state index in [1.807, 2.05) is 6.07 Å². The molecule has 1 saturated heterocycles. The zero-order valence-electron chi connectivity index (χ0n) is 20.0. The van der Waals surface area contributed by atoms with Crippen LogP contribution in [0.25, 0.3) is 11.1 Å². The molecular weight excluding hydrogens is 495 g/mol. The van der Waals surface area contributed by atoms with E-state index in [1.165, 1.54) is 23.1 Å². The Balaban J connectivity index is 1.27. The summed E-state index contributed by atoms with van der Waals surface area (Å²) in [5.41, 5.74) is 0.942. The zero-order valence-corrected chi connectivity index (χ0v) is 20.7. The van der Waals surface area contributed by atoms with E-state index in [0.717, 1.165) is 18.4 Å². The van der Waals surface area contributed by atoms with Gasteiger partial charge in [-0.3, -0.25) is 9.78 Å². The Labute approximate surface area is 219 Å². The van der Waals surface area contributed by atoms with E-state index in [1.54, 1.807) is 47.6 Å². The summed E-state index contributed by atoms with van der Waals surface area (Å²) in [6.45, 7) is 0.577. The number of amides is 3. The Bertz CT molecular complexity index is 1390. The van der Waals surface area contributed by atoms with Crippen molar-refractivity contribution in [2.75, 3.05) is 18.1 Å². The molecule has 1 aliphatic carbocycles. The minimum atomic E-state index is -0.879. The van der Waals surface area contributed by atoms with E-state index >= 15 is 0 Å². The van der Waals surface area contributed by atoms with E-state index in [9.17, 15) is 14.0 Å². The molecule has 3 aromatic rings. The molecule has 37 heavy (non-hydrogen) atoms. The number of rotatable bonds is 7. The molecule has 2 aliphatic rings. The monoisotopic (exact) mass is 518 g/mol. The fraction of sp³-hybridized carbons (Fsp3) is 0.286. The molecule has 5 rings (SSSR count). The van der Waals surface area contributed by atoms with Crippen LogP contribution in [0.2, 0.25) is 5.02 Å². The van der Waals surface area contributed by atoms with Crippen LogP contribution in [0.4, 0.5) is 14.9 Å².